The first-order valence-electron chi connectivity index (χ1n) is 10.8. The van der Waals surface area contributed by atoms with Crippen molar-refractivity contribution < 1.29 is 13.9 Å². The largest absolute Gasteiger partial charge is 0.497 e. The Bertz CT molecular complexity index is 1250. The summed E-state index contributed by atoms with van der Waals surface area (Å²) in [5, 5.41) is 11.7. The van der Waals surface area contributed by atoms with E-state index in [1.54, 1.807) is 25.3 Å². The molecule has 1 atom stereocenters. The third kappa shape index (κ3) is 5.63. The van der Waals surface area contributed by atoms with Crippen LogP contribution >= 0.6 is 11.8 Å². The Morgan fingerprint density at radius 2 is 1.71 bits per heavy atom. The van der Waals surface area contributed by atoms with Crippen LogP contribution < -0.4 is 10.1 Å². The van der Waals surface area contributed by atoms with E-state index in [0.717, 1.165) is 16.9 Å². The van der Waals surface area contributed by atoms with Gasteiger partial charge in [-0.3, -0.25) is 9.36 Å². The maximum atomic E-state index is 14.5. The minimum atomic E-state index is -0.426. The smallest absolute Gasteiger partial charge is 0.233 e. The van der Waals surface area contributed by atoms with Crippen molar-refractivity contribution in [3.05, 3.63) is 95.8 Å². The summed E-state index contributed by atoms with van der Waals surface area (Å²) in [7, 11) is 1.61. The average Bonchev–Trinajstić information content (AvgIpc) is 3.25. The van der Waals surface area contributed by atoms with Crippen molar-refractivity contribution in [3.63, 3.8) is 0 Å². The van der Waals surface area contributed by atoms with Crippen molar-refractivity contribution in [2.45, 2.75) is 30.4 Å². The lowest BCUT2D eigenvalue weighted by atomic mass is 10.2. The van der Waals surface area contributed by atoms with E-state index in [0.29, 0.717) is 29.6 Å². The van der Waals surface area contributed by atoms with Crippen molar-refractivity contribution in [1.82, 2.24) is 20.1 Å². The SMILES string of the molecule is COc1ccc(CNC(=O)C(C)Sc2nnc(-c3ccccc3F)n2Cc2ccccc2)cc1. The number of aromatic nitrogens is 3. The highest BCUT2D eigenvalue weighted by molar-refractivity contribution is 8.00. The Balaban J connectivity index is 1.52. The van der Waals surface area contributed by atoms with Gasteiger partial charge in [0.1, 0.15) is 11.6 Å². The number of hydrogen-bond donors (Lipinski definition) is 1. The first-order chi connectivity index (χ1) is 16.5. The molecule has 0 aliphatic carbocycles. The Morgan fingerprint density at radius 1 is 1.00 bits per heavy atom. The van der Waals surface area contributed by atoms with Gasteiger partial charge in [-0.25, -0.2) is 4.39 Å². The fraction of sp³-hybridized carbons (Fsp3) is 0.192. The standard InChI is InChI=1S/C26H25FN4O2S/c1-18(25(32)28-16-19-12-14-21(33-2)15-13-19)34-26-30-29-24(22-10-6-7-11-23(22)27)31(26)17-20-8-4-3-5-9-20/h3-15,18H,16-17H2,1-2H3,(H,28,32). The minimum absolute atomic E-state index is 0.123. The zero-order chi connectivity index (χ0) is 23.9. The summed E-state index contributed by atoms with van der Waals surface area (Å²) in [5.74, 6) is 0.700. The molecule has 4 rings (SSSR count). The lowest BCUT2D eigenvalue weighted by Gasteiger charge is -2.14. The Hall–Kier alpha value is -3.65. The van der Waals surface area contributed by atoms with Crippen LogP contribution in [0.3, 0.4) is 0 Å². The van der Waals surface area contributed by atoms with Gasteiger partial charge >= 0.3 is 0 Å². The average molecular weight is 477 g/mol. The van der Waals surface area contributed by atoms with Crippen LogP contribution in [0.25, 0.3) is 11.4 Å². The minimum Gasteiger partial charge on any atom is -0.497 e. The van der Waals surface area contributed by atoms with Crippen molar-refractivity contribution in [3.8, 4) is 17.1 Å². The van der Waals surface area contributed by atoms with E-state index < -0.39 is 5.25 Å². The number of carbonyl (C=O) groups excluding carboxylic acids is 1. The summed E-state index contributed by atoms with van der Waals surface area (Å²) in [6, 6.07) is 23.8. The van der Waals surface area contributed by atoms with Gasteiger partial charge in [-0.05, 0) is 42.3 Å². The molecule has 0 bridgehead atoms. The molecule has 0 saturated carbocycles. The van der Waals surface area contributed by atoms with Gasteiger partial charge in [-0.1, -0.05) is 66.4 Å². The summed E-state index contributed by atoms with van der Waals surface area (Å²) in [5.41, 5.74) is 2.37. The summed E-state index contributed by atoms with van der Waals surface area (Å²) < 4.78 is 21.6. The predicted molar refractivity (Wildman–Crippen MR) is 131 cm³/mol. The first kappa shape index (κ1) is 23.5. The van der Waals surface area contributed by atoms with Crippen LogP contribution in [0.15, 0.2) is 84.0 Å². The molecule has 0 aliphatic heterocycles. The predicted octanol–water partition coefficient (Wildman–Crippen LogP) is 4.94. The highest BCUT2D eigenvalue weighted by Crippen LogP contribution is 2.29. The maximum absolute atomic E-state index is 14.5. The molecule has 0 radical (unpaired) electrons. The third-order valence-corrected chi connectivity index (χ3v) is 6.37. The molecule has 1 N–H and O–H groups in total. The molecule has 4 aromatic rings. The Morgan fingerprint density at radius 3 is 2.41 bits per heavy atom. The molecule has 6 nitrogen and oxygen atoms in total. The van der Waals surface area contributed by atoms with Gasteiger partial charge in [0.2, 0.25) is 5.91 Å². The molecule has 1 amide bonds. The fourth-order valence-corrected chi connectivity index (χ4v) is 4.29. The third-order valence-electron chi connectivity index (χ3n) is 5.29. The highest BCUT2D eigenvalue weighted by atomic mass is 32.2. The van der Waals surface area contributed by atoms with Gasteiger partial charge in [-0.15, -0.1) is 10.2 Å². The van der Waals surface area contributed by atoms with Crippen LogP contribution in [-0.4, -0.2) is 33.0 Å². The van der Waals surface area contributed by atoms with Gasteiger partial charge in [0.15, 0.2) is 11.0 Å². The van der Waals surface area contributed by atoms with Gasteiger partial charge in [0, 0.05) is 6.54 Å². The number of thioether (sulfide) groups is 1. The fourth-order valence-electron chi connectivity index (χ4n) is 3.41. The van der Waals surface area contributed by atoms with Crippen LogP contribution in [0.1, 0.15) is 18.1 Å². The van der Waals surface area contributed by atoms with Crippen LogP contribution in [0.5, 0.6) is 5.75 Å². The number of carbonyl (C=O) groups is 1. The number of nitrogens with zero attached hydrogens (tertiary/aromatic N) is 3. The zero-order valence-corrected chi connectivity index (χ0v) is 19.8. The molecule has 0 spiro atoms. The van der Waals surface area contributed by atoms with E-state index in [1.807, 2.05) is 66.1 Å². The molecule has 0 saturated heterocycles. The topological polar surface area (TPSA) is 69.0 Å². The highest BCUT2D eigenvalue weighted by Gasteiger charge is 2.22. The van der Waals surface area contributed by atoms with Gasteiger partial charge < -0.3 is 10.1 Å². The summed E-state index contributed by atoms with van der Waals surface area (Å²) in [6.07, 6.45) is 0. The zero-order valence-electron chi connectivity index (χ0n) is 18.9. The number of methoxy groups -OCH3 is 1. The van der Waals surface area contributed by atoms with Gasteiger partial charge in [-0.2, -0.15) is 0 Å². The van der Waals surface area contributed by atoms with Crippen LogP contribution in [-0.2, 0) is 17.9 Å². The second-order valence-electron chi connectivity index (χ2n) is 7.68. The summed E-state index contributed by atoms with van der Waals surface area (Å²) in [4.78, 5) is 12.8. The van der Waals surface area contributed by atoms with Crippen molar-refractivity contribution in [1.29, 1.82) is 0 Å². The number of hydrogen-bond acceptors (Lipinski definition) is 5. The number of nitrogens with one attached hydrogen (secondary N) is 1. The first-order valence-corrected chi connectivity index (χ1v) is 11.7. The molecule has 0 fully saturated rings. The Kier molecular flexibility index (Phi) is 7.59. The normalized spacial score (nSPS) is 11.7. The van der Waals surface area contributed by atoms with Crippen molar-refractivity contribution in [2.75, 3.05) is 7.11 Å². The van der Waals surface area contributed by atoms with E-state index in [9.17, 15) is 9.18 Å². The molecule has 3 aromatic carbocycles. The number of halogens is 1. The molecule has 1 heterocycles. The molecule has 0 aliphatic rings. The lowest BCUT2D eigenvalue weighted by molar-refractivity contribution is -0.120. The number of benzene rings is 3. The quantitative estimate of drug-likeness (QED) is 0.347. The monoisotopic (exact) mass is 476 g/mol. The second kappa shape index (κ2) is 11.0. The molecule has 34 heavy (non-hydrogen) atoms. The summed E-state index contributed by atoms with van der Waals surface area (Å²) in [6.45, 7) is 2.68. The van der Waals surface area contributed by atoms with E-state index in [4.69, 9.17) is 4.74 Å². The molecule has 1 aromatic heterocycles. The number of rotatable bonds is 9. The van der Waals surface area contributed by atoms with E-state index >= 15 is 0 Å². The Labute approximate surface area is 202 Å². The number of ether oxygens (including phenoxy) is 1. The molecule has 174 valence electrons. The maximum Gasteiger partial charge on any atom is 0.233 e. The molecular formula is C26H25FN4O2S. The van der Waals surface area contributed by atoms with E-state index in [1.165, 1.54) is 17.8 Å². The van der Waals surface area contributed by atoms with E-state index in [-0.39, 0.29) is 11.7 Å². The molecular weight excluding hydrogens is 451 g/mol. The second-order valence-corrected chi connectivity index (χ2v) is 8.99. The summed E-state index contributed by atoms with van der Waals surface area (Å²) >= 11 is 1.29. The number of amides is 1. The van der Waals surface area contributed by atoms with Crippen LogP contribution in [0, 0.1) is 5.82 Å². The van der Waals surface area contributed by atoms with Crippen LogP contribution in [0.4, 0.5) is 4.39 Å². The van der Waals surface area contributed by atoms with Crippen molar-refractivity contribution >= 4 is 17.7 Å². The van der Waals surface area contributed by atoms with Crippen molar-refractivity contribution in [2.24, 2.45) is 0 Å². The molecule has 1 unspecified atom stereocenters. The van der Waals surface area contributed by atoms with E-state index in [2.05, 4.69) is 15.5 Å². The molecule has 8 heteroatoms. The lowest BCUT2D eigenvalue weighted by Crippen LogP contribution is -2.30. The van der Waals surface area contributed by atoms with Crippen LogP contribution in [0.2, 0.25) is 0 Å². The van der Waals surface area contributed by atoms with Gasteiger partial charge in [0.25, 0.3) is 0 Å². The van der Waals surface area contributed by atoms with Gasteiger partial charge in [0.05, 0.1) is 24.5 Å².